The van der Waals surface area contributed by atoms with Gasteiger partial charge in [-0.25, -0.2) is 5.01 Å². The SMILES string of the molecule is COc1ccc(C2CC(c3ccccc3)=NN2C(=O)Cn2cc(Br)ccc2=O)cc1. The predicted molar refractivity (Wildman–Crippen MR) is 119 cm³/mol. The number of hydrogen-bond acceptors (Lipinski definition) is 4. The fourth-order valence-corrected chi connectivity index (χ4v) is 3.85. The molecular weight excluding hydrogens is 446 g/mol. The van der Waals surface area contributed by atoms with Crippen molar-refractivity contribution in [3.63, 3.8) is 0 Å². The van der Waals surface area contributed by atoms with E-state index in [0.717, 1.165) is 27.1 Å². The number of halogens is 1. The quantitative estimate of drug-likeness (QED) is 0.571. The predicted octanol–water partition coefficient (Wildman–Crippen LogP) is 4.00. The van der Waals surface area contributed by atoms with Gasteiger partial charge in [-0.2, -0.15) is 5.10 Å². The van der Waals surface area contributed by atoms with Crippen LogP contribution in [0.5, 0.6) is 5.75 Å². The highest BCUT2D eigenvalue weighted by Crippen LogP contribution is 2.33. The first-order chi connectivity index (χ1) is 14.5. The monoisotopic (exact) mass is 465 g/mol. The Hall–Kier alpha value is -3.19. The Kier molecular flexibility index (Phi) is 5.81. The molecule has 0 bridgehead atoms. The van der Waals surface area contributed by atoms with Crippen molar-refractivity contribution in [2.45, 2.75) is 19.0 Å². The third kappa shape index (κ3) is 4.21. The van der Waals surface area contributed by atoms with Crippen molar-refractivity contribution in [2.24, 2.45) is 5.10 Å². The summed E-state index contributed by atoms with van der Waals surface area (Å²) in [4.78, 5) is 25.3. The van der Waals surface area contributed by atoms with E-state index in [1.54, 1.807) is 19.4 Å². The first-order valence-corrected chi connectivity index (χ1v) is 10.3. The molecule has 2 heterocycles. The molecule has 1 aromatic heterocycles. The third-order valence-corrected chi connectivity index (χ3v) is 5.50. The maximum absolute atomic E-state index is 13.2. The van der Waals surface area contributed by atoms with E-state index >= 15 is 0 Å². The lowest BCUT2D eigenvalue weighted by molar-refractivity contribution is -0.133. The molecule has 30 heavy (non-hydrogen) atoms. The van der Waals surface area contributed by atoms with Gasteiger partial charge in [-0.05, 0) is 45.3 Å². The van der Waals surface area contributed by atoms with Crippen molar-refractivity contribution < 1.29 is 9.53 Å². The van der Waals surface area contributed by atoms with Crippen LogP contribution in [0.3, 0.4) is 0 Å². The van der Waals surface area contributed by atoms with Crippen LogP contribution in [0.15, 0.2) is 87.3 Å². The Morgan fingerprint density at radius 2 is 1.83 bits per heavy atom. The molecule has 1 aliphatic rings. The topological polar surface area (TPSA) is 63.9 Å². The van der Waals surface area contributed by atoms with Gasteiger partial charge in [0.15, 0.2) is 0 Å². The number of rotatable bonds is 5. The molecule has 3 aromatic rings. The summed E-state index contributed by atoms with van der Waals surface area (Å²) in [6.07, 6.45) is 2.20. The van der Waals surface area contributed by atoms with Crippen LogP contribution in [0.2, 0.25) is 0 Å². The van der Waals surface area contributed by atoms with E-state index in [-0.39, 0.29) is 24.1 Å². The first kappa shape index (κ1) is 20.1. The number of hydrazone groups is 1. The Bertz CT molecular complexity index is 1140. The minimum absolute atomic E-state index is 0.0868. The zero-order chi connectivity index (χ0) is 21.1. The van der Waals surface area contributed by atoms with E-state index in [1.807, 2.05) is 54.6 Å². The average molecular weight is 466 g/mol. The number of carbonyl (C=O) groups is 1. The molecular formula is C23H20BrN3O3. The molecule has 0 radical (unpaired) electrons. The standard InChI is InChI=1S/C23H20BrN3O3/c1-30-19-10-7-17(8-11-19)21-13-20(16-5-3-2-4-6-16)25-27(21)23(29)15-26-14-18(24)9-12-22(26)28/h2-12,14,21H,13,15H2,1H3. The number of hydrogen-bond donors (Lipinski definition) is 0. The Morgan fingerprint density at radius 3 is 2.53 bits per heavy atom. The van der Waals surface area contributed by atoms with Crippen molar-refractivity contribution in [1.82, 2.24) is 9.58 Å². The van der Waals surface area contributed by atoms with Crippen molar-refractivity contribution in [3.05, 3.63) is 98.9 Å². The van der Waals surface area contributed by atoms with Gasteiger partial charge in [0, 0.05) is 23.2 Å². The number of pyridine rings is 1. The molecule has 4 rings (SSSR count). The minimum atomic E-state index is -0.249. The van der Waals surface area contributed by atoms with Gasteiger partial charge in [0.05, 0.1) is 18.9 Å². The molecule has 0 spiro atoms. The normalized spacial score (nSPS) is 15.7. The number of carbonyl (C=O) groups excluding carboxylic acids is 1. The van der Waals surface area contributed by atoms with Gasteiger partial charge in [-0.1, -0.05) is 42.5 Å². The largest absolute Gasteiger partial charge is 0.497 e. The molecule has 0 fully saturated rings. The van der Waals surface area contributed by atoms with E-state index in [0.29, 0.717) is 6.42 Å². The first-order valence-electron chi connectivity index (χ1n) is 9.50. The molecule has 2 aromatic carbocycles. The smallest absolute Gasteiger partial charge is 0.263 e. The average Bonchev–Trinajstić information content (AvgIpc) is 3.23. The van der Waals surface area contributed by atoms with Crippen LogP contribution in [-0.4, -0.2) is 28.3 Å². The number of methoxy groups -OCH3 is 1. The van der Waals surface area contributed by atoms with Crippen molar-refractivity contribution >= 4 is 27.5 Å². The maximum Gasteiger partial charge on any atom is 0.263 e. The number of amides is 1. The number of nitrogens with zero attached hydrogens (tertiary/aromatic N) is 3. The summed E-state index contributed by atoms with van der Waals surface area (Å²) in [6, 6.07) is 20.3. The van der Waals surface area contributed by atoms with E-state index in [9.17, 15) is 9.59 Å². The van der Waals surface area contributed by atoms with Crippen LogP contribution >= 0.6 is 15.9 Å². The lowest BCUT2D eigenvalue weighted by Crippen LogP contribution is -2.33. The van der Waals surface area contributed by atoms with Crippen LogP contribution in [-0.2, 0) is 11.3 Å². The summed E-state index contributed by atoms with van der Waals surface area (Å²) in [6.45, 7) is -0.0868. The van der Waals surface area contributed by atoms with Crippen LogP contribution in [0.4, 0.5) is 0 Å². The number of aromatic nitrogens is 1. The highest BCUT2D eigenvalue weighted by molar-refractivity contribution is 9.10. The molecule has 0 aliphatic carbocycles. The maximum atomic E-state index is 13.2. The summed E-state index contributed by atoms with van der Waals surface area (Å²) in [5.41, 5.74) is 2.54. The number of ether oxygens (including phenoxy) is 1. The van der Waals surface area contributed by atoms with Crippen molar-refractivity contribution in [1.29, 1.82) is 0 Å². The second-order valence-corrected chi connectivity index (χ2v) is 7.87. The minimum Gasteiger partial charge on any atom is -0.497 e. The summed E-state index contributed by atoms with van der Waals surface area (Å²) < 4.78 is 7.36. The van der Waals surface area contributed by atoms with Gasteiger partial charge in [-0.3, -0.25) is 9.59 Å². The van der Waals surface area contributed by atoms with Gasteiger partial charge in [-0.15, -0.1) is 0 Å². The summed E-state index contributed by atoms with van der Waals surface area (Å²) in [5.74, 6) is 0.501. The van der Waals surface area contributed by atoms with E-state index in [1.165, 1.54) is 15.6 Å². The molecule has 152 valence electrons. The van der Waals surface area contributed by atoms with E-state index < -0.39 is 0 Å². The molecule has 0 saturated heterocycles. The van der Waals surface area contributed by atoms with Crippen molar-refractivity contribution in [2.75, 3.05) is 7.11 Å². The third-order valence-electron chi connectivity index (χ3n) is 5.03. The Morgan fingerprint density at radius 1 is 1.10 bits per heavy atom. The van der Waals surface area contributed by atoms with Gasteiger partial charge in [0.1, 0.15) is 12.3 Å². The fraction of sp³-hybridized carbons (Fsp3) is 0.174. The molecule has 0 N–H and O–H groups in total. The van der Waals surface area contributed by atoms with Crippen LogP contribution in [0.1, 0.15) is 23.6 Å². The highest BCUT2D eigenvalue weighted by Gasteiger charge is 2.33. The van der Waals surface area contributed by atoms with Crippen LogP contribution in [0, 0.1) is 0 Å². The Balaban J connectivity index is 1.67. The zero-order valence-electron chi connectivity index (χ0n) is 16.4. The molecule has 1 unspecified atom stereocenters. The highest BCUT2D eigenvalue weighted by atomic mass is 79.9. The molecule has 1 aliphatic heterocycles. The molecule has 1 atom stereocenters. The second kappa shape index (κ2) is 8.67. The fourth-order valence-electron chi connectivity index (χ4n) is 3.47. The molecule has 1 amide bonds. The lowest BCUT2D eigenvalue weighted by Gasteiger charge is -2.22. The second-order valence-electron chi connectivity index (χ2n) is 6.96. The lowest BCUT2D eigenvalue weighted by atomic mass is 9.98. The Labute approximate surface area is 182 Å². The van der Waals surface area contributed by atoms with E-state index in [4.69, 9.17) is 4.74 Å². The summed E-state index contributed by atoms with van der Waals surface area (Å²) in [5, 5.41) is 6.15. The molecule has 6 nitrogen and oxygen atoms in total. The summed E-state index contributed by atoms with van der Waals surface area (Å²) >= 11 is 3.35. The van der Waals surface area contributed by atoms with Gasteiger partial charge in [0.25, 0.3) is 11.5 Å². The van der Waals surface area contributed by atoms with Gasteiger partial charge in [0.2, 0.25) is 0 Å². The zero-order valence-corrected chi connectivity index (χ0v) is 18.0. The van der Waals surface area contributed by atoms with Gasteiger partial charge >= 0.3 is 0 Å². The van der Waals surface area contributed by atoms with Gasteiger partial charge < -0.3 is 9.30 Å². The van der Waals surface area contributed by atoms with Crippen LogP contribution < -0.4 is 10.3 Å². The van der Waals surface area contributed by atoms with E-state index in [2.05, 4.69) is 21.0 Å². The number of benzene rings is 2. The molecule has 0 saturated carbocycles. The summed E-state index contributed by atoms with van der Waals surface area (Å²) in [7, 11) is 1.62. The molecule has 7 heteroatoms. The van der Waals surface area contributed by atoms with Crippen LogP contribution in [0.25, 0.3) is 0 Å². The van der Waals surface area contributed by atoms with Crippen molar-refractivity contribution in [3.8, 4) is 5.75 Å².